The van der Waals surface area contributed by atoms with Gasteiger partial charge in [0.15, 0.2) is 0 Å². The third-order valence-corrected chi connectivity index (χ3v) is 4.18. The molecule has 27 heavy (non-hydrogen) atoms. The first-order valence-electron chi connectivity index (χ1n) is 8.65. The molecule has 1 atom stereocenters. The molecule has 0 aliphatic carbocycles. The van der Waals surface area contributed by atoms with Crippen LogP contribution in [0.25, 0.3) is 10.9 Å². The number of methoxy groups -OCH3 is 1. The molecular formula is C21H21N3O3. The molecule has 6 nitrogen and oxygen atoms in total. The molecule has 3 rings (SSSR count). The summed E-state index contributed by atoms with van der Waals surface area (Å²) < 4.78 is 5.25. The molecule has 0 saturated heterocycles. The SMILES string of the molecule is COc1nc2ccccc2cc1C(=O)NC(C)C(=O)NCc1ccccc1. The molecule has 1 unspecified atom stereocenters. The first-order valence-corrected chi connectivity index (χ1v) is 8.65. The van der Waals surface area contributed by atoms with Crippen molar-refractivity contribution in [3.05, 3.63) is 71.8 Å². The van der Waals surface area contributed by atoms with Crippen molar-refractivity contribution in [2.45, 2.75) is 19.5 Å². The predicted molar refractivity (Wildman–Crippen MR) is 104 cm³/mol. The maximum Gasteiger partial charge on any atom is 0.257 e. The molecule has 6 heteroatoms. The van der Waals surface area contributed by atoms with Crippen molar-refractivity contribution < 1.29 is 14.3 Å². The van der Waals surface area contributed by atoms with Crippen molar-refractivity contribution in [3.8, 4) is 5.88 Å². The second kappa shape index (κ2) is 8.31. The summed E-state index contributed by atoms with van der Waals surface area (Å²) in [6, 6.07) is 18.1. The average Bonchev–Trinajstić information content (AvgIpc) is 2.71. The smallest absolute Gasteiger partial charge is 0.257 e. The summed E-state index contributed by atoms with van der Waals surface area (Å²) in [5.74, 6) is -0.449. The van der Waals surface area contributed by atoms with Gasteiger partial charge in [-0.25, -0.2) is 4.98 Å². The number of amides is 2. The number of nitrogens with one attached hydrogen (secondary N) is 2. The normalized spacial score (nSPS) is 11.6. The summed E-state index contributed by atoms with van der Waals surface area (Å²) in [6.45, 7) is 2.04. The second-order valence-electron chi connectivity index (χ2n) is 6.14. The maximum atomic E-state index is 12.6. The van der Waals surface area contributed by atoms with E-state index in [0.29, 0.717) is 12.1 Å². The molecule has 0 saturated carbocycles. The van der Waals surface area contributed by atoms with Gasteiger partial charge in [0.25, 0.3) is 5.91 Å². The lowest BCUT2D eigenvalue weighted by Crippen LogP contribution is -2.44. The molecule has 2 amide bonds. The number of pyridine rings is 1. The largest absolute Gasteiger partial charge is 0.480 e. The van der Waals surface area contributed by atoms with Crippen LogP contribution in [-0.2, 0) is 11.3 Å². The van der Waals surface area contributed by atoms with Crippen LogP contribution in [0.15, 0.2) is 60.7 Å². The van der Waals surface area contributed by atoms with Gasteiger partial charge in [0, 0.05) is 11.9 Å². The van der Waals surface area contributed by atoms with Gasteiger partial charge in [0.05, 0.1) is 12.6 Å². The summed E-state index contributed by atoms with van der Waals surface area (Å²) in [5, 5.41) is 6.34. The Morgan fingerprint density at radius 2 is 1.78 bits per heavy atom. The van der Waals surface area contributed by atoms with Crippen LogP contribution in [0, 0.1) is 0 Å². The number of ether oxygens (including phenoxy) is 1. The van der Waals surface area contributed by atoms with Crippen LogP contribution in [0.1, 0.15) is 22.8 Å². The van der Waals surface area contributed by atoms with Gasteiger partial charge in [0.2, 0.25) is 11.8 Å². The van der Waals surface area contributed by atoms with Gasteiger partial charge < -0.3 is 15.4 Å². The standard InChI is InChI=1S/C21H21N3O3/c1-14(19(25)22-13-15-8-4-3-5-9-15)23-20(26)17-12-16-10-6-7-11-18(16)24-21(17)27-2/h3-12,14H,13H2,1-2H3,(H,22,25)(H,23,26). The fourth-order valence-electron chi connectivity index (χ4n) is 2.69. The van der Waals surface area contributed by atoms with E-state index in [-0.39, 0.29) is 11.8 Å². The Labute approximate surface area is 157 Å². The van der Waals surface area contributed by atoms with E-state index in [1.807, 2.05) is 54.6 Å². The molecule has 0 bridgehead atoms. The molecule has 1 heterocycles. The van der Waals surface area contributed by atoms with Crippen molar-refractivity contribution in [2.24, 2.45) is 0 Å². The summed E-state index contributed by atoms with van der Waals surface area (Å²) in [7, 11) is 1.46. The Bertz CT molecular complexity index is 957. The topological polar surface area (TPSA) is 80.3 Å². The monoisotopic (exact) mass is 363 g/mol. The number of nitrogens with zero attached hydrogens (tertiary/aromatic N) is 1. The third kappa shape index (κ3) is 4.41. The van der Waals surface area contributed by atoms with E-state index in [2.05, 4.69) is 15.6 Å². The highest BCUT2D eigenvalue weighted by Crippen LogP contribution is 2.22. The molecule has 0 fully saturated rings. The fraction of sp³-hybridized carbons (Fsp3) is 0.190. The van der Waals surface area contributed by atoms with E-state index >= 15 is 0 Å². The minimum Gasteiger partial charge on any atom is -0.480 e. The van der Waals surface area contributed by atoms with E-state index in [4.69, 9.17) is 4.74 Å². The number of carbonyl (C=O) groups excluding carboxylic acids is 2. The molecular weight excluding hydrogens is 342 g/mol. The Balaban J connectivity index is 1.68. The fourth-order valence-corrected chi connectivity index (χ4v) is 2.69. The highest BCUT2D eigenvalue weighted by molar-refractivity contribution is 6.01. The Hall–Kier alpha value is -3.41. The van der Waals surface area contributed by atoms with Crippen molar-refractivity contribution in [1.29, 1.82) is 0 Å². The van der Waals surface area contributed by atoms with Crippen molar-refractivity contribution in [2.75, 3.05) is 7.11 Å². The van der Waals surface area contributed by atoms with Gasteiger partial charge in [-0.2, -0.15) is 0 Å². The molecule has 0 radical (unpaired) electrons. The van der Waals surface area contributed by atoms with Crippen LogP contribution in [0.3, 0.4) is 0 Å². The van der Waals surface area contributed by atoms with Gasteiger partial charge in [-0.05, 0) is 24.6 Å². The molecule has 2 aromatic carbocycles. The number of fused-ring (bicyclic) bond motifs is 1. The Morgan fingerprint density at radius 1 is 1.07 bits per heavy atom. The summed E-state index contributed by atoms with van der Waals surface area (Å²) in [6.07, 6.45) is 0. The lowest BCUT2D eigenvalue weighted by atomic mass is 10.1. The highest BCUT2D eigenvalue weighted by Gasteiger charge is 2.20. The van der Waals surface area contributed by atoms with Gasteiger partial charge in [-0.1, -0.05) is 48.5 Å². The number of carbonyl (C=O) groups is 2. The van der Waals surface area contributed by atoms with E-state index < -0.39 is 11.9 Å². The average molecular weight is 363 g/mol. The van der Waals surface area contributed by atoms with E-state index in [0.717, 1.165) is 16.5 Å². The number of para-hydroxylation sites is 1. The summed E-state index contributed by atoms with van der Waals surface area (Å²) in [5.41, 5.74) is 2.02. The Kier molecular flexibility index (Phi) is 5.66. The Morgan fingerprint density at radius 3 is 2.52 bits per heavy atom. The minimum atomic E-state index is -0.697. The molecule has 1 aromatic heterocycles. The molecule has 0 aliphatic rings. The van der Waals surface area contributed by atoms with Gasteiger partial charge in [-0.3, -0.25) is 9.59 Å². The zero-order chi connectivity index (χ0) is 19.2. The summed E-state index contributed by atoms with van der Waals surface area (Å²) >= 11 is 0. The lowest BCUT2D eigenvalue weighted by Gasteiger charge is -2.15. The first-order chi connectivity index (χ1) is 13.1. The molecule has 0 aliphatic heterocycles. The van der Waals surface area contributed by atoms with E-state index in [1.54, 1.807) is 13.0 Å². The number of hydrogen-bond donors (Lipinski definition) is 2. The van der Waals surface area contributed by atoms with Crippen molar-refractivity contribution in [1.82, 2.24) is 15.6 Å². The van der Waals surface area contributed by atoms with Crippen LogP contribution in [0.5, 0.6) is 5.88 Å². The number of aromatic nitrogens is 1. The van der Waals surface area contributed by atoms with Gasteiger partial charge in [0.1, 0.15) is 11.6 Å². The maximum absolute atomic E-state index is 12.6. The number of benzene rings is 2. The molecule has 0 spiro atoms. The number of hydrogen-bond acceptors (Lipinski definition) is 4. The van der Waals surface area contributed by atoms with E-state index in [1.165, 1.54) is 7.11 Å². The first kappa shape index (κ1) is 18.4. The second-order valence-corrected chi connectivity index (χ2v) is 6.14. The van der Waals surface area contributed by atoms with Gasteiger partial charge in [-0.15, -0.1) is 0 Å². The third-order valence-electron chi connectivity index (χ3n) is 4.18. The lowest BCUT2D eigenvalue weighted by molar-refractivity contribution is -0.122. The van der Waals surface area contributed by atoms with E-state index in [9.17, 15) is 9.59 Å². The minimum absolute atomic E-state index is 0.225. The molecule has 3 aromatic rings. The molecule has 2 N–H and O–H groups in total. The zero-order valence-electron chi connectivity index (χ0n) is 15.2. The van der Waals surface area contributed by atoms with Gasteiger partial charge >= 0.3 is 0 Å². The quantitative estimate of drug-likeness (QED) is 0.706. The van der Waals surface area contributed by atoms with Crippen molar-refractivity contribution in [3.63, 3.8) is 0 Å². The van der Waals surface area contributed by atoms with Crippen LogP contribution in [0.2, 0.25) is 0 Å². The van der Waals surface area contributed by atoms with Crippen LogP contribution in [-0.4, -0.2) is 29.9 Å². The highest BCUT2D eigenvalue weighted by atomic mass is 16.5. The van der Waals surface area contributed by atoms with Crippen molar-refractivity contribution >= 4 is 22.7 Å². The zero-order valence-corrected chi connectivity index (χ0v) is 15.2. The number of rotatable bonds is 6. The van der Waals surface area contributed by atoms with Crippen LogP contribution >= 0.6 is 0 Å². The molecule has 138 valence electrons. The van der Waals surface area contributed by atoms with Crippen LogP contribution < -0.4 is 15.4 Å². The van der Waals surface area contributed by atoms with Crippen LogP contribution in [0.4, 0.5) is 0 Å². The predicted octanol–water partition coefficient (Wildman–Crippen LogP) is 2.68. The summed E-state index contributed by atoms with van der Waals surface area (Å²) in [4.78, 5) is 29.3.